The predicted octanol–water partition coefficient (Wildman–Crippen LogP) is 2.54. The SMILES string of the molecule is CN(C1C=CCCC1)C1CCCCC1CN. The van der Waals surface area contributed by atoms with Crippen molar-refractivity contribution in [3.05, 3.63) is 12.2 Å². The van der Waals surface area contributed by atoms with Gasteiger partial charge < -0.3 is 5.73 Å². The van der Waals surface area contributed by atoms with Gasteiger partial charge in [0.05, 0.1) is 0 Å². The first-order valence-electron chi connectivity index (χ1n) is 6.91. The van der Waals surface area contributed by atoms with Crippen LogP contribution in [0.5, 0.6) is 0 Å². The maximum Gasteiger partial charge on any atom is 0.0278 e. The van der Waals surface area contributed by atoms with Gasteiger partial charge in [-0.3, -0.25) is 4.90 Å². The second-order valence-electron chi connectivity index (χ2n) is 5.44. The molecule has 0 aliphatic heterocycles. The molecule has 3 atom stereocenters. The topological polar surface area (TPSA) is 29.3 Å². The van der Waals surface area contributed by atoms with Gasteiger partial charge in [0.2, 0.25) is 0 Å². The second-order valence-corrected chi connectivity index (χ2v) is 5.44. The van der Waals surface area contributed by atoms with E-state index in [1.165, 1.54) is 44.9 Å². The van der Waals surface area contributed by atoms with Crippen LogP contribution in [0.4, 0.5) is 0 Å². The van der Waals surface area contributed by atoms with Crippen molar-refractivity contribution in [2.45, 2.75) is 57.0 Å². The van der Waals surface area contributed by atoms with Crippen molar-refractivity contribution in [2.75, 3.05) is 13.6 Å². The van der Waals surface area contributed by atoms with Crippen molar-refractivity contribution in [1.29, 1.82) is 0 Å². The molecule has 1 saturated carbocycles. The molecule has 0 aromatic carbocycles. The standard InChI is InChI=1S/C14H26N2/c1-16(13-8-3-2-4-9-13)14-10-6-5-7-12(14)11-15/h3,8,12-14H,2,4-7,9-11,15H2,1H3. The van der Waals surface area contributed by atoms with E-state index in [1.54, 1.807) is 0 Å². The molecule has 2 nitrogen and oxygen atoms in total. The summed E-state index contributed by atoms with van der Waals surface area (Å²) in [6.07, 6.45) is 14.2. The van der Waals surface area contributed by atoms with E-state index in [1.807, 2.05) is 0 Å². The highest BCUT2D eigenvalue weighted by Gasteiger charge is 2.30. The molecule has 92 valence electrons. The van der Waals surface area contributed by atoms with Crippen molar-refractivity contribution < 1.29 is 0 Å². The Morgan fingerprint density at radius 3 is 2.69 bits per heavy atom. The van der Waals surface area contributed by atoms with Crippen LogP contribution < -0.4 is 5.73 Å². The Balaban J connectivity index is 1.97. The summed E-state index contributed by atoms with van der Waals surface area (Å²) in [4.78, 5) is 2.60. The Bertz CT molecular complexity index is 237. The molecule has 1 fully saturated rings. The third kappa shape index (κ3) is 2.67. The Labute approximate surface area is 99.9 Å². The molecule has 0 aromatic heterocycles. The van der Waals surface area contributed by atoms with E-state index in [4.69, 9.17) is 5.73 Å². The zero-order valence-corrected chi connectivity index (χ0v) is 10.6. The van der Waals surface area contributed by atoms with E-state index in [2.05, 4.69) is 24.1 Å². The normalized spacial score (nSPS) is 35.6. The molecule has 16 heavy (non-hydrogen) atoms. The first-order chi connectivity index (χ1) is 7.83. The lowest BCUT2D eigenvalue weighted by Crippen LogP contribution is -2.47. The third-order valence-electron chi connectivity index (χ3n) is 4.45. The summed E-state index contributed by atoms with van der Waals surface area (Å²) in [6.45, 7) is 0.867. The summed E-state index contributed by atoms with van der Waals surface area (Å²) in [7, 11) is 2.30. The monoisotopic (exact) mass is 222 g/mol. The molecule has 2 N–H and O–H groups in total. The van der Waals surface area contributed by atoms with Gasteiger partial charge in [-0.05, 0) is 51.6 Å². The highest BCUT2D eigenvalue weighted by molar-refractivity contribution is 5.00. The fraction of sp³-hybridized carbons (Fsp3) is 0.857. The van der Waals surface area contributed by atoms with Crippen molar-refractivity contribution >= 4 is 0 Å². The number of nitrogens with two attached hydrogens (primary N) is 1. The van der Waals surface area contributed by atoms with E-state index >= 15 is 0 Å². The van der Waals surface area contributed by atoms with Crippen LogP contribution in [0.2, 0.25) is 0 Å². The highest BCUT2D eigenvalue weighted by atomic mass is 15.2. The molecule has 2 aliphatic carbocycles. The molecule has 0 radical (unpaired) electrons. The van der Waals surface area contributed by atoms with Gasteiger partial charge in [0.15, 0.2) is 0 Å². The predicted molar refractivity (Wildman–Crippen MR) is 69.3 cm³/mol. The summed E-state index contributed by atoms with van der Waals surface area (Å²) in [5.74, 6) is 0.731. The Morgan fingerprint density at radius 2 is 2.00 bits per heavy atom. The summed E-state index contributed by atoms with van der Waals surface area (Å²) >= 11 is 0. The van der Waals surface area contributed by atoms with E-state index in [-0.39, 0.29) is 0 Å². The van der Waals surface area contributed by atoms with Crippen LogP contribution in [0.1, 0.15) is 44.9 Å². The maximum atomic E-state index is 5.92. The second kappa shape index (κ2) is 5.83. The maximum absolute atomic E-state index is 5.92. The number of rotatable bonds is 3. The summed E-state index contributed by atoms with van der Waals surface area (Å²) < 4.78 is 0. The van der Waals surface area contributed by atoms with Gasteiger partial charge in [-0.1, -0.05) is 25.0 Å². The number of hydrogen-bond acceptors (Lipinski definition) is 2. The first-order valence-corrected chi connectivity index (χ1v) is 6.91. The third-order valence-corrected chi connectivity index (χ3v) is 4.45. The van der Waals surface area contributed by atoms with Gasteiger partial charge >= 0.3 is 0 Å². The Kier molecular flexibility index (Phi) is 4.42. The molecule has 0 spiro atoms. The van der Waals surface area contributed by atoms with Crippen molar-refractivity contribution in [3.63, 3.8) is 0 Å². The molecular formula is C14H26N2. The highest BCUT2D eigenvalue weighted by Crippen LogP contribution is 2.30. The molecule has 0 aromatic rings. The minimum atomic E-state index is 0.672. The largest absolute Gasteiger partial charge is 0.330 e. The minimum Gasteiger partial charge on any atom is -0.330 e. The lowest BCUT2D eigenvalue weighted by Gasteiger charge is -2.41. The van der Waals surface area contributed by atoms with E-state index in [0.717, 1.165) is 18.5 Å². The number of nitrogens with zero attached hydrogens (tertiary/aromatic N) is 1. The quantitative estimate of drug-likeness (QED) is 0.744. The smallest absolute Gasteiger partial charge is 0.0278 e. The fourth-order valence-corrected chi connectivity index (χ4v) is 3.38. The van der Waals surface area contributed by atoms with Crippen LogP contribution in [0, 0.1) is 5.92 Å². The molecule has 0 amide bonds. The Hall–Kier alpha value is -0.340. The van der Waals surface area contributed by atoms with Crippen LogP contribution in [0.15, 0.2) is 12.2 Å². The van der Waals surface area contributed by atoms with Gasteiger partial charge in [0.1, 0.15) is 0 Å². The zero-order valence-electron chi connectivity index (χ0n) is 10.6. The Morgan fingerprint density at radius 1 is 1.19 bits per heavy atom. The van der Waals surface area contributed by atoms with Gasteiger partial charge in [-0.25, -0.2) is 0 Å². The molecular weight excluding hydrogens is 196 g/mol. The summed E-state index contributed by atoms with van der Waals surface area (Å²) in [6, 6.07) is 1.40. The van der Waals surface area contributed by atoms with Crippen LogP contribution in [-0.4, -0.2) is 30.6 Å². The van der Waals surface area contributed by atoms with Crippen LogP contribution >= 0.6 is 0 Å². The molecule has 0 saturated heterocycles. The van der Waals surface area contributed by atoms with Crippen LogP contribution in [0.25, 0.3) is 0 Å². The molecule has 2 rings (SSSR count). The number of hydrogen-bond donors (Lipinski definition) is 1. The molecule has 0 heterocycles. The van der Waals surface area contributed by atoms with Gasteiger partial charge in [0.25, 0.3) is 0 Å². The van der Waals surface area contributed by atoms with Crippen LogP contribution in [-0.2, 0) is 0 Å². The van der Waals surface area contributed by atoms with Gasteiger partial charge in [0, 0.05) is 12.1 Å². The molecule has 2 heteroatoms. The van der Waals surface area contributed by atoms with Crippen molar-refractivity contribution in [2.24, 2.45) is 11.7 Å². The minimum absolute atomic E-state index is 0.672. The fourth-order valence-electron chi connectivity index (χ4n) is 3.38. The average Bonchev–Trinajstić information content (AvgIpc) is 2.39. The lowest BCUT2D eigenvalue weighted by molar-refractivity contribution is 0.104. The molecule has 0 bridgehead atoms. The molecule has 2 aliphatic rings. The lowest BCUT2D eigenvalue weighted by atomic mass is 9.82. The van der Waals surface area contributed by atoms with Crippen LogP contribution in [0.3, 0.4) is 0 Å². The van der Waals surface area contributed by atoms with Gasteiger partial charge in [-0.15, -0.1) is 0 Å². The zero-order chi connectivity index (χ0) is 11.4. The molecule has 3 unspecified atom stereocenters. The summed E-state index contributed by atoms with van der Waals surface area (Å²) in [5.41, 5.74) is 5.92. The van der Waals surface area contributed by atoms with E-state index in [0.29, 0.717) is 6.04 Å². The number of allylic oxidation sites excluding steroid dienone is 1. The van der Waals surface area contributed by atoms with Crippen molar-refractivity contribution in [1.82, 2.24) is 4.90 Å². The van der Waals surface area contributed by atoms with E-state index in [9.17, 15) is 0 Å². The first kappa shape index (κ1) is 12.1. The summed E-state index contributed by atoms with van der Waals surface area (Å²) in [5, 5.41) is 0. The van der Waals surface area contributed by atoms with Gasteiger partial charge in [-0.2, -0.15) is 0 Å². The average molecular weight is 222 g/mol. The van der Waals surface area contributed by atoms with E-state index < -0.39 is 0 Å². The van der Waals surface area contributed by atoms with Crippen molar-refractivity contribution in [3.8, 4) is 0 Å². The number of likely N-dealkylation sites (N-methyl/N-ethyl adjacent to an activating group) is 1.